The lowest BCUT2D eigenvalue weighted by atomic mass is 9.84. The summed E-state index contributed by atoms with van der Waals surface area (Å²) in [6.07, 6.45) is -1.32. The summed E-state index contributed by atoms with van der Waals surface area (Å²) in [4.78, 5) is 0. The van der Waals surface area contributed by atoms with E-state index in [2.05, 4.69) is 5.32 Å². The summed E-state index contributed by atoms with van der Waals surface area (Å²) in [6, 6.07) is 7.53. The highest BCUT2D eigenvalue weighted by molar-refractivity contribution is 6.30. The second-order valence-electron chi connectivity index (χ2n) is 5.78. The van der Waals surface area contributed by atoms with Crippen LogP contribution < -0.4 is 5.32 Å². The summed E-state index contributed by atoms with van der Waals surface area (Å²) >= 11 is 5.88. The molecule has 21 heavy (non-hydrogen) atoms. The van der Waals surface area contributed by atoms with Gasteiger partial charge in [0.15, 0.2) is 0 Å². The van der Waals surface area contributed by atoms with Gasteiger partial charge in [-0.2, -0.15) is 13.2 Å². The van der Waals surface area contributed by atoms with E-state index in [0.717, 1.165) is 18.4 Å². The first-order chi connectivity index (χ1) is 9.90. The van der Waals surface area contributed by atoms with E-state index in [1.165, 1.54) is 0 Å². The summed E-state index contributed by atoms with van der Waals surface area (Å²) in [5, 5.41) is 4.07. The van der Waals surface area contributed by atoms with Gasteiger partial charge in [-0.1, -0.05) is 37.1 Å². The summed E-state index contributed by atoms with van der Waals surface area (Å²) in [7, 11) is 0. The highest BCUT2D eigenvalue weighted by Gasteiger charge is 2.42. The molecular weight excluding hydrogens is 299 g/mol. The van der Waals surface area contributed by atoms with Crippen LogP contribution in [0.2, 0.25) is 5.02 Å². The van der Waals surface area contributed by atoms with Crippen LogP contribution in [0.4, 0.5) is 13.2 Å². The first-order valence-corrected chi connectivity index (χ1v) is 7.86. The Morgan fingerprint density at radius 2 is 1.90 bits per heavy atom. The number of hydrogen-bond donors (Lipinski definition) is 1. The molecule has 1 saturated carbocycles. The van der Waals surface area contributed by atoms with Crippen LogP contribution in [-0.2, 0) is 0 Å². The van der Waals surface area contributed by atoms with Crippen LogP contribution in [0.15, 0.2) is 24.3 Å². The number of rotatable bonds is 4. The van der Waals surface area contributed by atoms with Crippen molar-refractivity contribution in [1.82, 2.24) is 5.32 Å². The normalized spacial score (nSPS) is 24.8. The van der Waals surface area contributed by atoms with E-state index in [0.29, 0.717) is 11.4 Å². The van der Waals surface area contributed by atoms with Crippen molar-refractivity contribution in [3.05, 3.63) is 34.9 Å². The fraction of sp³-hybridized carbons (Fsp3) is 0.625. The fourth-order valence-corrected chi connectivity index (χ4v) is 3.19. The summed E-state index contributed by atoms with van der Waals surface area (Å²) < 4.78 is 38.6. The standard InChI is InChI=1S/C16H21ClF3N/c1-2-15(11-6-8-13(17)9-7-11)21-14-5-3-4-12(10-14)16(18,19)20/h6-9,12,14-15,21H,2-5,10H2,1H3. The molecule has 1 aliphatic rings. The molecule has 3 unspecified atom stereocenters. The van der Waals surface area contributed by atoms with Crippen LogP contribution in [0, 0.1) is 5.92 Å². The molecule has 0 aromatic heterocycles. The summed E-state index contributed by atoms with van der Waals surface area (Å²) in [5.41, 5.74) is 1.08. The number of halogens is 4. The van der Waals surface area contributed by atoms with Crippen LogP contribution in [0.25, 0.3) is 0 Å². The van der Waals surface area contributed by atoms with Crippen molar-refractivity contribution >= 4 is 11.6 Å². The number of hydrogen-bond acceptors (Lipinski definition) is 1. The molecule has 0 bridgehead atoms. The predicted octanol–water partition coefficient (Wildman–Crippen LogP) is 5.50. The number of benzene rings is 1. The second kappa shape index (κ2) is 7.01. The van der Waals surface area contributed by atoms with Gasteiger partial charge in [-0.15, -0.1) is 0 Å². The molecular formula is C16H21ClF3N. The van der Waals surface area contributed by atoms with Gasteiger partial charge in [0.1, 0.15) is 0 Å². The zero-order valence-corrected chi connectivity index (χ0v) is 12.8. The van der Waals surface area contributed by atoms with E-state index in [-0.39, 0.29) is 24.9 Å². The van der Waals surface area contributed by atoms with Crippen LogP contribution in [0.1, 0.15) is 50.6 Å². The molecule has 0 saturated heterocycles. The summed E-state index contributed by atoms with van der Waals surface area (Å²) in [5.74, 6) is -1.16. The molecule has 1 aliphatic carbocycles. The van der Waals surface area contributed by atoms with Gasteiger partial charge in [0.2, 0.25) is 0 Å². The van der Waals surface area contributed by atoms with Gasteiger partial charge in [0, 0.05) is 17.1 Å². The predicted molar refractivity (Wildman–Crippen MR) is 79.4 cm³/mol. The lowest BCUT2D eigenvalue weighted by Gasteiger charge is -2.33. The number of alkyl halides is 3. The molecule has 1 nitrogen and oxygen atoms in total. The second-order valence-corrected chi connectivity index (χ2v) is 6.22. The Bertz CT molecular complexity index is 444. The van der Waals surface area contributed by atoms with Crippen LogP contribution in [0.3, 0.4) is 0 Å². The minimum Gasteiger partial charge on any atom is -0.307 e. The van der Waals surface area contributed by atoms with Crippen molar-refractivity contribution < 1.29 is 13.2 Å². The van der Waals surface area contributed by atoms with Gasteiger partial charge in [0.05, 0.1) is 5.92 Å². The lowest BCUT2D eigenvalue weighted by Crippen LogP contribution is -2.40. The van der Waals surface area contributed by atoms with E-state index < -0.39 is 12.1 Å². The molecule has 0 radical (unpaired) electrons. The Labute approximate surface area is 128 Å². The van der Waals surface area contributed by atoms with Gasteiger partial charge >= 0.3 is 6.18 Å². The van der Waals surface area contributed by atoms with E-state index in [1.807, 2.05) is 31.2 Å². The van der Waals surface area contributed by atoms with E-state index in [9.17, 15) is 13.2 Å². The molecule has 1 aromatic carbocycles. The average molecular weight is 320 g/mol. The molecule has 0 heterocycles. The zero-order valence-electron chi connectivity index (χ0n) is 12.1. The van der Waals surface area contributed by atoms with E-state index >= 15 is 0 Å². The molecule has 0 aliphatic heterocycles. The summed E-state index contributed by atoms with van der Waals surface area (Å²) in [6.45, 7) is 2.04. The molecule has 0 spiro atoms. The van der Waals surface area contributed by atoms with Crippen LogP contribution in [0.5, 0.6) is 0 Å². The Morgan fingerprint density at radius 1 is 1.24 bits per heavy atom. The van der Waals surface area contributed by atoms with Gasteiger partial charge in [-0.25, -0.2) is 0 Å². The molecule has 5 heteroatoms. The molecule has 1 aromatic rings. The van der Waals surface area contributed by atoms with Gasteiger partial charge in [-0.05, 0) is 43.4 Å². The first kappa shape index (κ1) is 16.6. The molecule has 1 N–H and O–H groups in total. The Kier molecular flexibility index (Phi) is 5.55. The van der Waals surface area contributed by atoms with E-state index in [4.69, 9.17) is 11.6 Å². The van der Waals surface area contributed by atoms with Crippen molar-refractivity contribution in [2.75, 3.05) is 0 Å². The van der Waals surface area contributed by atoms with Crippen molar-refractivity contribution in [2.45, 2.75) is 57.3 Å². The smallest absolute Gasteiger partial charge is 0.307 e. The minimum atomic E-state index is -4.07. The van der Waals surface area contributed by atoms with Crippen molar-refractivity contribution in [1.29, 1.82) is 0 Å². The van der Waals surface area contributed by atoms with Gasteiger partial charge in [-0.3, -0.25) is 0 Å². The third-order valence-corrected chi connectivity index (χ3v) is 4.51. The quantitative estimate of drug-likeness (QED) is 0.772. The number of nitrogens with one attached hydrogen (secondary N) is 1. The average Bonchev–Trinajstić information content (AvgIpc) is 2.45. The van der Waals surface area contributed by atoms with Crippen molar-refractivity contribution in [3.63, 3.8) is 0 Å². The highest BCUT2D eigenvalue weighted by Crippen LogP contribution is 2.38. The topological polar surface area (TPSA) is 12.0 Å². The zero-order chi connectivity index (χ0) is 15.5. The maximum atomic E-state index is 12.9. The van der Waals surface area contributed by atoms with Crippen molar-refractivity contribution in [3.8, 4) is 0 Å². The minimum absolute atomic E-state index is 0.0639. The molecule has 0 amide bonds. The molecule has 3 atom stereocenters. The van der Waals surface area contributed by atoms with Gasteiger partial charge in [0.25, 0.3) is 0 Å². The SMILES string of the molecule is CCC(NC1CCCC(C(F)(F)F)C1)c1ccc(Cl)cc1. The largest absolute Gasteiger partial charge is 0.391 e. The van der Waals surface area contributed by atoms with E-state index in [1.54, 1.807) is 0 Å². The third-order valence-electron chi connectivity index (χ3n) is 4.25. The first-order valence-electron chi connectivity index (χ1n) is 7.48. The Hall–Kier alpha value is -0.740. The maximum absolute atomic E-state index is 12.9. The molecule has 118 valence electrons. The van der Waals surface area contributed by atoms with Crippen molar-refractivity contribution in [2.24, 2.45) is 5.92 Å². The third kappa shape index (κ3) is 4.62. The van der Waals surface area contributed by atoms with Gasteiger partial charge < -0.3 is 5.32 Å². The Morgan fingerprint density at radius 3 is 2.48 bits per heavy atom. The fourth-order valence-electron chi connectivity index (χ4n) is 3.07. The maximum Gasteiger partial charge on any atom is 0.391 e. The highest BCUT2D eigenvalue weighted by atomic mass is 35.5. The molecule has 1 fully saturated rings. The van der Waals surface area contributed by atoms with Crippen LogP contribution in [-0.4, -0.2) is 12.2 Å². The Balaban J connectivity index is 1.99. The monoisotopic (exact) mass is 319 g/mol. The molecule has 2 rings (SSSR count). The lowest BCUT2D eigenvalue weighted by molar-refractivity contribution is -0.183. The van der Waals surface area contributed by atoms with Crippen LogP contribution >= 0.6 is 11.6 Å².